The maximum atomic E-state index is 10.1. The van der Waals surface area contributed by atoms with Gasteiger partial charge in [-0.2, -0.15) is 0 Å². The van der Waals surface area contributed by atoms with E-state index >= 15 is 0 Å². The van der Waals surface area contributed by atoms with Crippen LogP contribution >= 0.6 is 0 Å². The zero-order valence-electron chi connectivity index (χ0n) is 11.6. The highest BCUT2D eigenvalue weighted by Gasteiger charge is 2.28. The van der Waals surface area contributed by atoms with Crippen molar-refractivity contribution in [3.63, 3.8) is 0 Å². The number of β-amino-alcohol motifs (C(OH)–C–C–N with tert-alkyl or cyclic N) is 1. The fourth-order valence-electron chi connectivity index (χ4n) is 3.23. The fourth-order valence-corrected chi connectivity index (χ4v) is 3.23. The number of aliphatic hydroxyl groups is 1. The third kappa shape index (κ3) is 2.77. The summed E-state index contributed by atoms with van der Waals surface area (Å²) in [6.45, 7) is 1.70. The summed E-state index contributed by atoms with van der Waals surface area (Å²) in [5.41, 5.74) is 2.81. The van der Waals surface area contributed by atoms with Crippen LogP contribution in [0.1, 0.15) is 30.4 Å². The Morgan fingerprint density at radius 1 is 1.26 bits per heavy atom. The van der Waals surface area contributed by atoms with E-state index in [2.05, 4.69) is 23.1 Å². The summed E-state index contributed by atoms with van der Waals surface area (Å²) >= 11 is 0. The summed E-state index contributed by atoms with van der Waals surface area (Å²) in [7, 11) is 2.05. The molecule has 1 aliphatic heterocycles. The summed E-state index contributed by atoms with van der Waals surface area (Å²) in [5, 5.41) is 10.1. The maximum Gasteiger partial charge on any atom is 0.127 e. The number of aliphatic hydroxyl groups excluding tert-OH is 1. The number of nitrogens with zero attached hydrogens (tertiary/aromatic N) is 1. The zero-order chi connectivity index (χ0) is 13.2. The molecule has 1 N–H and O–H groups in total. The van der Waals surface area contributed by atoms with E-state index in [-0.39, 0.29) is 12.2 Å². The second-order valence-electron chi connectivity index (χ2n) is 5.88. The second kappa shape index (κ2) is 5.51. The van der Waals surface area contributed by atoms with Crippen molar-refractivity contribution in [2.45, 2.75) is 44.3 Å². The smallest absolute Gasteiger partial charge is 0.127 e. The number of aryl methyl sites for hydroxylation is 1. The molecule has 3 heteroatoms. The van der Waals surface area contributed by atoms with Gasteiger partial charge >= 0.3 is 0 Å². The third-order valence-electron chi connectivity index (χ3n) is 4.35. The zero-order valence-corrected chi connectivity index (χ0v) is 11.6. The van der Waals surface area contributed by atoms with E-state index in [4.69, 9.17) is 4.74 Å². The van der Waals surface area contributed by atoms with E-state index in [1.165, 1.54) is 30.4 Å². The first-order valence-electron chi connectivity index (χ1n) is 7.38. The fraction of sp³-hybridized carbons (Fsp3) is 0.625. The van der Waals surface area contributed by atoms with Gasteiger partial charge in [0.2, 0.25) is 0 Å². The van der Waals surface area contributed by atoms with Crippen LogP contribution in [0.4, 0.5) is 0 Å². The summed E-state index contributed by atoms with van der Waals surface area (Å²) in [4.78, 5) is 2.16. The van der Waals surface area contributed by atoms with Gasteiger partial charge in [-0.1, -0.05) is 12.1 Å². The van der Waals surface area contributed by atoms with Gasteiger partial charge in [-0.25, -0.2) is 0 Å². The molecule has 19 heavy (non-hydrogen) atoms. The Balaban J connectivity index is 1.76. The van der Waals surface area contributed by atoms with Crippen molar-refractivity contribution in [2.24, 2.45) is 0 Å². The van der Waals surface area contributed by atoms with Crippen LogP contribution in [0.5, 0.6) is 5.75 Å². The summed E-state index contributed by atoms with van der Waals surface area (Å²) in [6, 6.07) is 6.36. The molecule has 1 aliphatic carbocycles. The van der Waals surface area contributed by atoms with E-state index in [0.717, 1.165) is 25.1 Å². The van der Waals surface area contributed by atoms with E-state index in [1.54, 1.807) is 0 Å². The number of rotatable bonds is 2. The predicted molar refractivity (Wildman–Crippen MR) is 75.6 cm³/mol. The first kappa shape index (κ1) is 12.9. The number of hydrogen-bond acceptors (Lipinski definition) is 3. The molecule has 2 atom stereocenters. The minimum absolute atomic E-state index is 0.0513. The van der Waals surface area contributed by atoms with Gasteiger partial charge in [-0.15, -0.1) is 0 Å². The Bertz CT molecular complexity index is 446. The van der Waals surface area contributed by atoms with Gasteiger partial charge in [-0.05, 0) is 56.3 Å². The molecule has 1 aromatic rings. The third-order valence-corrected chi connectivity index (χ3v) is 4.35. The average molecular weight is 261 g/mol. The van der Waals surface area contributed by atoms with Crippen molar-refractivity contribution < 1.29 is 9.84 Å². The van der Waals surface area contributed by atoms with Crippen molar-refractivity contribution in [3.8, 4) is 5.75 Å². The molecular formula is C16H23NO2. The standard InChI is InChI=1S/C16H23NO2/c1-17-10-9-16(14(18)11-17)19-15-8-4-6-12-5-2-3-7-13(12)15/h4,6,8,14,16,18H,2-3,5,7,9-11H2,1H3/t14-,16+/m1/s1. The molecule has 0 aromatic heterocycles. The van der Waals surface area contributed by atoms with Crippen LogP contribution in [0.3, 0.4) is 0 Å². The van der Waals surface area contributed by atoms with Crippen LogP contribution < -0.4 is 4.74 Å². The molecule has 0 amide bonds. The molecule has 1 saturated heterocycles. The van der Waals surface area contributed by atoms with E-state index in [1.807, 2.05) is 7.05 Å². The monoisotopic (exact) mass is 261 g/mol. The lowest BCUT2D eigenvalue weighted by atomic mass is 9.91. The van der Waals surface area contributed by atoms with Crippen molar-refractivity contribution in [1.82, 2.24) is 4.90 Å². The first-order valence-corrected chi connectivity index (χ1v) is 7.38. The van der Waals surface area contributed by atoms with Crippen LogP contribution in [0.2, 0.25) is 0 Å². The maximum absolute atomic E-state index is 10.1. The topological polar surface area (TPSA) is 32.7 Å². The predicted octanol–water partition coefficient (Wildman–Crippen LogP) is 2.01. The molecular weight excluding hydrogens is 238 g/mol. The van der Waals surface area contributed by atoms with Crippen molar-refractivity contribution >= 4 is 0 Å². The molecule has 0 bridgehead atoms. The van der Waals surface area contributed by atoms with Gasteiger partial charge in [-0.3, -0.25) is 0 Å². The molecule has 3 rings (SSSR count). The van der Waals surface area contributed by atoms with Crippen LogP contribution in [-0.4, -0.2) is 42.4 Å². The molecule has 3 nitrogen and oxygen atoms in total. The Labute approximate surface area is 115 Å². The van der Waals surface area contributed by atoms with Crippen molar-refractivity contribution in [1.29, 1.82) is 0 Å². The first-order chi connectivity index (χ1) is 9.24. The summed E-state index contributed by atoms with van der Waals surface area (Å²) in [5.74, 6) is 1.01. The number of likely N-dealkylation sites (tertiary alicyclic amines) is 1. The van der Waals surface area contributed by atoms with E-state index in [9.17, 15) is 5.11 Å². The number of fused-ring (bicyclic) bond motifs is 1. The Kier molecular flexibility index (Phi) is 3.76. The van der Waals surface area contributed by atoms with Crippen molar-refractivity contribution in [2.75, 3.05) is 20.1 Å². The van der Waals surface area contributed by atoms with E-state index < -0.39 is 0 Å². The summed E-state index contributed by atoms with van der Waals surface area (Å²) < 4.78 is 6.14. The molecule has 0 saturated carbocycles. The highest BCUT2D eigenvalue weighted by molar-refractivity contribution is 5.41. The molecule has 1 aromatic carbocycles. The number of benzene rings is 1. The van der Waals surface area contributed by atoms with Crippen LogP contribution in [0.25, 0.3) is 0 Å². The Morgan fingerprint density at radius 3 is 2.95 bits per heavy atom. The lowest BCUT2D eigenvalue weighted by molar-refractivity contribution is -0.0186. The van der Waals surface area contributed by atoms with Crippen LogP contribution in [0.15, 0.2) is 18.2 Å². The van der Waals surface area contributed by atoms with Gasteiger partial charge in [0.15, 0.2) is 0 Å². The van der Waals surface area contributed by atoms with Gasteiger partial charge in [0.05, 0.1) is 0 Å². The van der Waals surface area contributed by atoms with Crippen LogP contribution in [0, 0.1) is 0 Å². The van der Waals surface area contributed by atoms with Crippen molar-refractivity contribution in [3.05, 3.63) is 29.3 Å². The van der Waals surface area contributed by atoms with Gasteiger partial charge < -0.3 is 14.7 Å². The van der Waals surface area contributed by atoms with Gasteiger partial charge in [0, 0.05) is 13.1 Å². The Hall–Kier alpha value is -1.06. The molecule has 0 spiro atoms. The lowest BCUT2D eigenvalue weighted by Gasteiger charge is -2.34. The normalized spacial score (nSPS) is 27.9. The molecule has 1 heterocycles. The summed E-state index contributed by atoms with van der Waals surface area (Å²) in [6.07, 6.45) is 5.30. The minimum Gasteiger partial charge on any atom is -0.487 e. The number of hydrogen-bond donors (Lipinski definition) is 1. The number of likely N-dealkylation sites (N-methyl/N-ethyl adjacent to an activating group) is 1. The Morgan fingerprint density at radius 2 is 2.11 bits per heavy atom. The quantitative estimate of drug-likeness (QED) is 0.884. The highest BCUT2D eigenvalue weighted by atomic mass is 16.5. The minimum atomic E-state index is -0.377. The van der Waals surface area contributed by atoms with E-state index in [0.29, 0.717) is 6.54 Å². The number of piperidine rings is 1. The molecule has 2 aliphatic rings. The largest absolute Gasteiger partial charge is 0.487 e. The van der Waals surface area contributed by atoms with Crippen LogP contribution in [-0.2, 0) is 12.8 Å². The highest BCUT2D eigenvalue weighted by Crippen LogP contribution is 2.31. The van der Waals surface area contributed by atoms with Gasteiger partial charge in [0.25, 0.3) is 0 Å². The molecule has 1 fully saturated rings. The SMILES string of the molecule is CN1CC[C@H](Oc2cccc3c2CCCC3)[C@H](O)C1. The number of ether oxygens (including phenoxy) is 1. The second-order valence-corrected chi connectivity index (χ2v) is 5.88. The lowest BCUT2D eigenvalue weighted by Crippen LogP contribution is -2.47. The average Bonchev–Trinajstić information content (AvgIpc) is 2.42. The molecule has 0 radical (unpaired) electrons. The molecule has 104 valence electrons. The van der Waals surface area contributed by atoms with Gasteiger partial charge in [0.1, 0.15) is 18.0 Å². The molecule has 0 unspecified atom stereocenters.